The summed E-state index contributed by atoms with van der Waals surface area (Å²) in [6.45, 7) is 7.40. The topological polar surface area (TPSA) is 0 Å². The average Bonchev–Trinajstić information content (AvgIpc) is 2.41. The van der Waals surface area contributed by atoms with E-state index in [1.54, 1.807) is 0 Å². The van der Waals surface area contributed by atoms with Crippen molar-refractivity contribution in [1.82, 2.24) is 0 Å². The van der Waals surface area contributed by atoms with E-state index in [0.29, 0.717) is 0 Å². The van der Waals surface area contributed by atoms with Crippen LogP contribution in [0.1, 0.15) is 16.7 Å². The molecule has 0 bridgehead atoms. The van der Waals surface area contributed by atoms with Crippen LogP contribution < -0.4 is 0 Å². The monoisotopic (exact) mass is 219 g/mol. The minimum Gasteiger partial charge on any atom is -0.115 e. The van der Waals surface area contributed by atoms with Gasteiger partial charge < -0.3 is 0 Å². The maximum atomic E-state index is 5.10. The second-order valence-corrected chi connectivity index (χ2v) is 3.46. The van der Waals surface area contributed by atoms with Crippen molar-refractivity contribution in [2.45, 2.75) is 0 Å². The predicted octanol–water partition coefficient (Wildman–Crippen LogP) is 4.18. The van der Waals surface area contributed by atoms with Gasteiger partial charge in [-0.2, -0.15) is 0 Å². The first kappa shape index (κ1) is 12.8. The van der Waals surface area contributed by atoms with Crippen LogP contribution in [0.15, 0.2) is 61.2 Å². The van der Waals surface area contributed by atoms with E-state index in [4.69, 9.17) is 6.42 Å². The first-order valence-electron chi connectivity index (χ1n) is 5.32. The van der Waals surface area contributed by atoms with E-state index in [2.05, 4.69) is 19.4 Å². The van der Waals surface area contributed by atoms with Gasteiger partial charge >= 0.3 is 0 Å². The molecule has 0 spiro atoms. The number of rotatable bonds is 1. The molecule has 2 rings (SSSR count). The van der Waals surface area contributed by atoms with Gasteiger partial charge in [-0.1, -0.05) is 61.0 Å². The highest BCUT2D eigenvalue weighted by atomic mass is 13.9. The van der Waals surface area contributed by atoms with Crippen LogP contribution in [0, 0.1) is 19.3 Å². The number of hydrogen-bond donors (Lipinski definition) is 0. The van der Waals surface area contributed by atoms with Crippen molar-refractivity contribution in [2.75, 3.05) is 0 Å². The second kappa shape index (κ2) is 7.09. The second-order valence-electron chi connectivity index (χ2n) is 3.46. The van der Waals surface area contributed by atoms with E-state index in [1.807, 2.05) is 60.7 Å². The smallest absolute Gasteiger partial charge is 0.0242 e. The fraction of sp³-hybridized carbons (Fsp3) is 0. The molecule has 0 nitrogen and oxygen atoms in total. The summed E-state index contributed by atoms with van der Waals surface area (Å²) in [5, 5.41) is 0. The predicted molar refractivity (Wildman–Crippen MR) is 75.4 cm³/mol. The molecule has 0 fully saturated rings. The molecule has 0 aliphatic carbocycles. The van der Waals surface area contributed by atoms with Crippen molar-refractivity contribution in [3.8, 4) is 12.3 Å². The van der Waals surface area contributed by atoms with Crippen molar-refractivity contribution in [3.63, 3.8) is 0 Å². The summed E-state index contributed by atoms with van der Waals surface area (Å²) in [6.07, 6.45) is 6.92. The molecule has 0 heterocycles. The number of hydrogen-bond acceptors (Lipinski definition) is 0. The Morgan fingerprint density at radius 3 is 1.94 bits per heavy atom. The van der Waals surface area contributed by atoms with Crippen LogP contribution in [0.2, 0.25) is 0 Å². The van der Waals surface area contributed by atoms with E-state index in [1.165, 1.54) is 0 Å². The van der Waals surface area contributed by atoms with Gasteiger partial charge in [0.15, 0.2) is 0 Å². The highest BCUT2D eigenvalue weighted by Crippen LogP contribution is 2.02. The van der Waals surface area contributed by atoms with Gasteiger partial charge in [0.25, 0.3) is 0 Å². The zero-order valence-electron chi connectivity index (χ0n) is 9.77. The van der Waals surface area contributed by atoms with Crippen LogP contribution in [0.4, 0.5) is 0 Å². The molecule has 0 aliphatic heterocycles. The Labute approximate surface area is 104 Å². The minimum absolute atomic E-state index is 0.938. The molecule has 2 aromatic rings. The lowest BCUT2D eigenvalue weighted by Crippen LogP contribution is -1.71. The molecule has 83 valence electrons. The Kier molecular flexibility index (Phi) is 5.34. The standard InChI is InChI=1S/C9H9.C8H6/c1-3-9-6-4-8(2)5-7-9;1-2-8-6-4-3-5-7-8/h3-7H,1-2H2;1,3-7H. The fourth-order valence-corrected chi connectivity index (χ4v) is 1.19. The molecule has 0 unspecified atom stereocenters. The normalized spacial score (nSPS) is 8.47. The highest BCUT2D eigenvalue weighted by Gasteiger charge is 1.82. The summed E-state index contributed by atoms with van der Waals surface area (Å²) in [7, 11) is 0. The summed E-state index contributed by atoms with van der Waals surface area (Å²) < 4.78 is 0. The third kappa shape index (κ3) is 4.86. The van der Waals surface area contributed by atoms with Crippen LogP contribution in [0.3, 0.4) is 0 Å². The molecule has 0 amide bonds. The Morgan fingerprint density at radius 2 is 1.53 bits per heavy atom. The van der Waals surface area contributed by atoms with Gasteiger partial charge in [0, 0.05) is 5.56 Å². The third-order valence-electron chi connectivity index (χ3n) is 2.16. The molecule has 0 aromatic heterocycles. The zero-order valence-corrected chi connectivity index (χ0v) is 9.77. The van der Waals surface area contributed by atoms with Crippen LogP contribution in [-0.2, 0) is 0 Å². The lowest BCUT2D eigenvalue weighted by atomic mass is 10.2. The summed E-state index contributed by atoms with van der Waals surface area (Å²) >= 11 is 0. The summed E-state index contributed by atoms with van der Waals surface area (Å²) in [6, 6.07) is 17.5. The van der Waals surface area contributed by atoms with E-state index in [0.717, 1.165) is 16.7 Å². The van der Waals surface area contributed by atoms with Gasteiger partial charge in [-0.15, -0.1) is 6.42 Å². The molecule has 0 saturated carbocycles. The number of benzene rings is 2. The van der Waals surface area contributed by atoms with Crippen molar-refractivity contribution >= 4 is 6.08 Å². The van der Waals surface area contributed by atoms with E-state index in [9.17, 15) is 0 Å². The van der Waals surface area contributed by atoms with E-state index >= 15 is 0 Å². The highest BCUT2D eigenvalue weighted by molar-refractivity contribution is 5.47. The lowest BCUT2D eigenvalue weighted by Gasteiger charge is -1.91. The molecule has 17 heavy (non-hydrogen) atoms. The van der Waals surface area contributed by atoms with Gasteiger partial charge in [-0.25, -0.2) is 0 Å². The SMILES string of the molecule is C#Cc1ccccc1.[CH2]c1ccc(C=C)cc1. The van der Waals surface area contributed by atoms with Gasteiger partial charge in [-0.05, 0) is 30.2 Å². The number of terminal acetylenes is 1. The molecule has 0 aliphatic rings. The quantitative estimate of drug-likeness (QED) is 0.631. The maximum absolute atomic E-state index is 5.10. The molecule has 0 N–H and O–H groups in total. The third-order valence-corrected chi connectivity index (χ3v) is 2.16. The van der Waals surface area contributed by atoms with Gasteiger partial charge in [0.05, 0.1) is 0 Å². The molecule has 0 heteroatoms. The summed E-state index contributed by atoms with van der Waals surface area (Å²) in [5.74, 6) is 2.53. The first-order valence-corrected chi connectivity index (χ1v) is 5.32. The van der Waals surface area contributed by atoms with Crippen LogP contribution in [0.5, 0.6) is 0 Å². The molecule has 2 aromatic carbocycles. The molecular formula is C17H15. The fourth-order valence-electron chi connectivity index (χ4n) is 1.19. The Morgan fingerprint density at radius 1 is 0.941 bits per heavy atom. The minimum atomic E-state index is 0.938. The Hall–Kier alpha value is -2.26. The molecule has 0 saturated heterocycles. The molecule has 0 atom stereocenters. The summed E-state index contributed by atoms with van der Waals surface area (Å²) in [4.78, 5) is 0. The Bertz CT molecular complexity index is 484. The molecule has 1 radical (unpaired) electrons. The largest absolute Gasteiger partial charge is 0.115 e. The van der Waals surface area contributed by atoms with Crippen LogP contribution in [0.25, 0.3) is 6.08 Å². The summed E-state index contributed by atoms with van der Waals surface area (Å²) in [5.41, 5.74) is 3.12. The van der Waals surface area contributed by atoms with Crippen molar-refractivity contribution < 1.29 is 0 Å². The Balaban J connectivity index is 0.000000171. The van der Waals surface area contributed by atoms with Gasteiger partial charge in [0.2, 0.25) is 0 Å². The van der Waals surface area contributed by atoms with E-state index < -0.39 is 0 Å². The van der Waals surface area contributed by atoms with Gasteiger partial charge in [0.1, 0.15) is 0 Å². The maximum Gasteiger partial charge on any atom is 0.0242 e. The lowest BCUT2D eigenvalue weighted by molar-refractivity contribution is 1.59. The van der Waals surface area contributed by atoms with Gasteiger partial charge in [-0.3, -0.25) is 0 Å². The first-order chi connectivity index (χ1) is 8.26. The van der Waals surface area contributed by atoms with Crippen molar-refractivity contribution in [1.29, 1.82) is 0 Å². The van der Waals surface area contributed by atoms with Crippen LogP contribution >= 0.6 is 0 Å². The van der Waals surface area contributed by atoms with Crippen molar-refractivity contribution in [2.24, 2.45) is 0 Å². The van der Waals surface area contributed by atoms with Crippen LogP contribution in [-0.4, -0.2) is 0 Å². The van der Waals surface area contributed by atoms with Crippen molar-refractivity contribution in [3.05, 3.63) is 84.8 Å². The average molecular weight is 219 g/mol. The molecular weight excluding hydrogens is 204 g/mol. The zero-order chi connectivity index (χ0) is 12.5. The van der Waals surface area contributed by atoms with E-state index in [-0.39, 0.29) is 0 Å².